The molecule has 2 aromatic heterocycles. The lowest BCUT2D eigenvalue weighted by Crippen LogP contribution is -2.32. The summed E-state index contributed by atoms with van der Waals surface area (Å²) in [6.45, 7) is 0. The van der Waals surface area contributed by atoms with Crippen LogP contribution in [0.4, 0.5) is 5.69 Å². The Hall–Kier alpha value is -3.27. The Morgan fingerprint density at radius 2 is 1.96 bits per heavy atom. The second-order valence-corrected chi connectivity index (χ2v) is 7.32. The summed E-state index contributed by atoms with van der Waals surface area (Å²) in [4.78, 5) is 29.1. The summed E-state index contributed by atoms with van der Waals surface area (Å²) in [5.74, 6) is -1.12. The molecule has 0 radical (unpaired) electrons. The van der Waals surface area contributed by atoms with Gasteiger partial charge in [0.05, 0.1) is 17.1 Å². The van der Waals surface area contributed by atoms with E-state index in [2.05, 4.69) is 9.97 Å². The highest BCUT2D eigenvalue weighted by molar-refractivity contribution is 7.89. The number of sulfonamides is 1. The Labute approximate surface area is 148 Å². The van der Waals surface area contributed by atoms with Crippen molar-refractivity contribution in [3.63, 3.8) is 0 Å². The van der Waals surface area contributed by atoms with Crippen molar-refractivity contribution in [1.82, 2.24) is 14.7 Å². The van der Waals surface area contributed by atoms with Gasteiger partial charge in [-0.15, -0.1) is 0 Å². The van der Waals surface area contributed by atoms with E-state index in [0.29, 0.717) is 16.8 Å². The van der Waals surface area contributed by atoms with Crippen LogP contribution in [0.15, 0.2) is 48.8 Å². The number of carbonyl (C=O) groups is 1. The smallest absolute Gasteiger partial charge is 0.269 e. The Morgan fingerprint density at radius 3 is 2.65 bits per heavy atom. The van der Waals surface area contributed by atoms with Gasteiger partial charge in [0.15, 0.2) is 0 Å². The van der Waals surface area contributed by atoms with Crippen LogP contribution in [0.5, 0.6) is 0 Å². The van der Waals surface area contributed by atoms with Crippen LogP contribution in [0.2, 0.25) is 0 Å². The van der Waals surface area contributed by atoms with E-state index >= 15 is 0 Å². The first-order valence-electron chi connectivity index (χ1n) is 7.52. The number of nitrogens with zero attached hydrogens (tertiary/aromatic N) is 2. The van der Waals surface area contributed by atoms with Crippen LogP contribution >= 0.6 is 0 Å². The van der Waals surface area contributed by atoms with Crippen molar-refractivity contribution in [1.29, 1.82) is 0 Å². The number of nitro groups is 1. The molecule has 0 bridgehead atoms. The predicted octanol–water partition coefficient (Wildman–Crippen LogP) is 1.66. The normalized spacial score (nSPS) is 11.4. The summed E-state index contributed by atoms with van der Waals surface area (Å²) in [7, 11) is -3.92. The number of nitrogens with one attached hydrogen (secondary N) is 2. The van der Waals surface area contributed by atoms with Crippen LogP contribution in [-0.2, 0) is 27.0 Å². The van der Waals surface area contributed by atoms with Gasteiger partial charge in [-0.05, 0) is 23.3 Å². The standard InChI is InChI=1S/C16H14N4O5S/c21-15(8-12-9-18-16-14(12)2-1-7-17-16)19-26(24,25)10-11-3-5-13(6-4-11)20(22)23/h1-7,9H,8,10H2,(H,17,18)(H,19,21). The van der Waals surface area contributed by atoms with Gasteiger partial charge >= 0.3 is 0 Å². The molecule has 1 amide bonds. The number of hydrogen-bond acceptors (Lipinski definition) is 6. The van der Waals surface area contributed by atoms with Gasteiger partial charge in [0.2, 0.25) is 15.9 Å². The highest BCUT2D eigenvalue weighted by Crippen LogP contribution is 2.17. The summed E-state index contributed by atoms with van der Waals surface area (Å²) in [5, 5.41) is 11.4. The minimum atomic E-state index is -3.92. The Morgan fingerprint density at radius 1 is 1.23 bits per heavy atom. The van der Waals surface area contributed by atoms with Gasteiger partial charge in [-0.1, -0.05) is 12.1 Å². The Bertz CT molecular complexity index is 1070. The average molecular weight is 374 g/mol. The van der Waals surface area contributed by atoms with Crippen LogP contribution < -0.4 is 4.72 Å². The largest absolute Gasteiger partial charge is 0.346 e. The van der Waals surface area contributed by atoms with Crippen molar-refractivity contribution in [2.75, 3.05) is 0 Å². The second kappa shape index (κ2) is 6.92. The van der Waals surface area contributed by atoms with Crippen LogP contribution in [0.25, 0.3) is 11.0 Å². The molecule has 0 aliphatic rings. The quantitative estimate of drug-likeness (QED) is 0.497. The molecule has 0 saturated heterocycles. The predicted molar refractivity (Wildman–Crippen MR) is 93.7 cm³/mol. The van der Waals surface area contributed by atoms with E-state index in [4.69, 9.17) is 0 Å². The summed E-state index contributed by atoms with van der Waals surface area (Å²) in [6, 6.07) is 8.62. The van der Waals surface area contributed by atoms with Crippen molar-refractivity contribution in [3.8, 4) is 0 Å². The number of rotatable bonds is 6. The van der Waals surface area contributed by atoms with E-state index in [1.165, 1.54) is 24.3 Å². The third-order valence-electron chi connectivity index (χ3n) is 3.66. The fourth-order valence-electron chi connectivity index (χ4n) is 2.51. The Balaban J connectivity index is 1.66. The molecular formula is C16H14N4O5S. The molecule has 0 unspecified atom stereocenters. The van der Waals surface area contributed by atoms with Gasteiger partial charge in [-0.25, -0.2) is 13.4 Å². The molecule has 0 spiro atoms. The first-order chi connectivity index (χ1) is 12.3. The lowest BCUT2D eigenvalue weighted by atomic mass is 10.1. The van der Waals surface area contributed by atoms with E-state index < -0.39 is 26.6 Å². The van der Waals surface area contributed by atoms with Gasteiger partial charge in [0, 0.05) is 29.9 Å². The molecule has 2 heterocycles. The number of carbonyl (C=O) groups excluding carboxylic acids is 1. The van der Waals surface area contributed by atoms with E-state index in [1.54, 1.807) is 24.5 Å². The number of hydrogen-bond donors (Lipinski definition) is 2. The number of benzene rings is 1. The first-order valence-corrected chi connectivity index (χ1v) is 9.17. The highest BCUT2D eigenvalue weighted by atomic mass is 32.2. The lowest BCUT2D eigenvalue weighted by molar-refractivity contribution is -0.384. The maximum absolute atomic E-state index is 12.1. The molecule has 26 heavy (non-hydrogen) atoms. The average Bonchev–Trinajstić information content (AvgIpc) is 2.97. The lowest BCUT2D eigenvalue weighted by Gasteiger charge is -2.07. The summed E-state index contributed by atoms with van der Waals surface area (Å²) < 4.78 is 26.3. The molecule has 0 aliphatic heterocycles. The van der Waals surface area contributed by atoms with E-state index in [-0.39, 0.29) is 12.1 Å². The third kappa shape index (κ3) is 4.03. The summed E-state index contributed by atoms with van der Waals surface area (Å²) in [5.41, 5.74) is 1.45. The molecule has 2 N–H and O–H groups in total. The molecule has 0 atom stereocenters. The van der Waals surface area contributed by atoms with Crippen molar-refractivity contribution < 1.29 is 18.1 Å². The molecule has 10 heteroatoms. The second-order valence-electron chi connectivity index (χ2n) is 5.60. The van der Waals surface area contributed by atoms with Crippen LogP contribution in [-0.4, -0.2) is 29.2 Å². The zero-order chi connectivity index (χ0) is 18.7. The van der Waals surface area contributed by atoms with E-state index in [9.17, 15) is 23.3 Å². The van der Waals surface area contributed by atoms with Crippen LogP contribution in [0.1, 0.15) is 11.1 Å². The summed E-state index contributed by atoms with van der Waals surface area (Å²) in [6.07, 6.45) is 3.10. The maximum atomic E-state index is 12.1. The zero-order valence-electron chi connectivity index (χ0n) is 13.4. The molecule has 0 fully saturated rings. The molecule has 134 valence electrons. The van der Waals surface area contributed by atoms with Crippen molar-refractivity contribution in [2.45, 2.75) is 12.2 Å². The number of pyridine rings is 1. The number of fused-ring (bicyclic) bond motifs is 1. The van der Waals surface area contributed by atoms with Crippen molar-refractivity contribution in [3.05, 3.63) is 70.0 Å². The fraction of sp³-hybridized carbons (Fsp3) is 0.125. The van der Waals surface area contributed by atoms with Gasteiger partial charge in [-0.3, -0.25) is 19.6 Å². The minimum absolute atomic E-state index is 0.120. The topological polar surface area (TPSA) is 135 Å². The van der Waals surface area contributed by atoms with Crippen LogP contribution in [0, 0.1) is 10.1 Å². The van der Waals surface area contributed by atoms with Crippen molar-refractivity contribution >= 4 is 32.7 Å². The van der Waals surface area contributed by atoms with Gasteiger partial charge in [0.1, 0.15) is 5.65 Å². The molecule has 1 aromatic carbocycles. The van der Waals surface area contributed by atoms with Gasteiger partial charge < -0.3 is 4.98 Å². The number of aromatic amines is 1. The number of H-pyrrole nitrogens is 1. The number of non-ortho nitro benzene ring substituents is 1. The molecule has 9 nitrogen and oxygen atoms in total. The highest BCUT2D eigenvalue weighted by Gasteiger charge is 2.18. The zero-order valence-corrected chi connectivity index (χ0v) is 14.2. The molecule has 0 saturated carbocycles. The first kappa shape index (κ1) is 17.5. The van der Waals surface area contributed by atoms with Gasteiger partial charge in [0.25, 0.3) is 5.69 Å². The maximum Gasteiger partial charge on any atom is 0.269 e. The van der Waals surface area contributed by atoms with Crippen molar-refractivity contribution in [2.24, 2.45) is 0 Å². The Kier molecular flexibility index (Phi) is 4.67. The van der Waals surface area contributed by atoms with Crippen LogP contribution in [0.3, 0.4) is 0 Å². The number of aromatic nitrogens is 2. The molecular weight excluding hydrogens is 360 g/mol. The molecule has 3 rings (SSSR count). The minimum Gasteiger partial charge on any atom is -0.346 e. The molecule has 3 aromatic rings. The van der Waals surface area contributed by atoms with E-state index in [0.717, 1.165) is 5.39 Å². The fourth-order valence-corrected chi connectivity index (χ4v) is 3.63. The third-order valence-corrected chi connectivity index (χ3v) is 4.91. The summed E-state index contributed by atoms with van der Waals surface area (Å²) >= 11 is 0. The van der Waals surface area contributed by atoms with E-state index in [1.807, 2.05) is 4.72 Å². The number of amides is 1. The monoisotopic (exact) mass is 374 g/mol. The number of nitro benzene ring substituents is 1. The molecule has 0 aliphatic carbocycles. The SMILES string of the molecule is O=C(Cc1c[nH]c2ncccc12)NS(=O)(=O)Cc1ccc([N+](=O)[O-])cc1. The van der Waals surface area contributed by atoms with Gasteiger partial charge in [-0.2, -0.15) is 0 Å².